The number of thiophene rings is 1. The molecule has 1 aliphatic heterocycles. The Morgan fingerprint density at radius 3 is 3.12 bits per heavy atom. The molecule has 4 nitrogen and oxygen atoms in total. The van der Waals surface area contributed by atoms with Crippen LogP contribution in [0, 0.1) is 0 Å². The molecule has 2 aromatic heterocycles. The third-order valence-corrected chi connectivity index (χ3v) is 3.26. The Balaban J connectivity index is 0.000000963. The Labute approximate surface area is 103 Å². The fourth-order valence-electron chi connectivity index (χ4n) is 1.78. The molecular weight excluding hydrogens is 246 g/mol. The van der Waals surface area contributed by atoms with Crippen molar-refractivity contribution in [1.29, 1.82) is 0 Å². The molecule has 0 unspecified atom stereocenters. The van der Waals surface area contributed by atoms with Gasteiger partial charge in [-0.1, -0.05) is 5.16 Å². The van der Waals surface area contributed by atoms with Gasteiger partial charge in [-0.3, -0.25) is 0 Å². The highest BCUT2D eigenvalue weighted by Crippen LogP contribution is 2.24. The highest BCUT2D eigenvalue weighted by molar-refractivity contribution is 7.08. The quantitative estimate of drug-likeness (QED) is 0.899. The molecule has 0 spiro atoms. The molecule has 0 radical (unpaired) electrons. The fraction of sp³-hybridized carbons (Fsp3) is 0.400. The molecule has 2 aromatic rings. The predicted molar refractivity (Wildman–Crippen MR) is 64.8 cm³/mol. The highest BCUT2D eigenvalue weighted by Gasteiger charge is 2.22. The van der Waals surface area contributed by atoms with Crippen LogP contribution in [0.5, 0.6) is 0 Å². The number of rotatable bonds is 2. The van der Waals surface area contributed by atoms with Crippen molar-refractivity contribution in [2.24, 2.45) is 0 Å². The minimum atomic E-state index is 0. The minimum absolute atomic E-state index is 0. The van der Waals surface area contributed by atoms with Crippen molar-refractivity contribution in [2.45, 2.75) is 18.9 Å². The van der Waals surface area contributed by atoms with Crippen molar-refractivity contribution in [2.75, 3.05) is 6.54 Å². The first-order chi connectivity index (χ1) is 7.43. The van der Waals surface area contributed by atoms with Crippen LogP contribution in [0.4, 0.5) is 0 Å². The molecule has 1 atom stereocenters. The maximum absolute atomic E-state index is 5.25. The Kier molecular flexibility index (Phi) is 3.58. The molecule has 0 aromatic carbocycles. The molecule has 0 amide bonds. The second-order valence-corrected chi connectivity index (χ2v) is 4.40. The monoisotopic (exact) mass is 257 g/mol. The van der Waals surface area contributed by atoms with Gasteiger partial charge < -0.3 is 9.84 Å². The molecule has 1 N–H and O–H groups in total. The first-order valence-corrected chi connectivity index (χ1v) is 5.97. The standard InChI is InChI=1S/C10H11N3OS.ClH/c1-2-8(11-4-1)10-12-9(13-14-10)7-3-5-15-6-7;/h3,5-6,8,11H,1-2,4H2;1H/t8-;/m0./s1. The zero-order chi connectivity index (χ0) is 10.1. The van der Waals surface area contributed by atoms with Gasteiger partial charge in [-0.2, -0.15) is 16.3 Å². The SMILES string of the molecule is Cl.c1cc(-c2noc([C@@H]3CCCN3)n2)cs1. The van der Waals surface area contributed by atoms with Gasteiger partial charge in [0.2, 0.25) is 11.7 Å². The van der Waals surface area contributed by atoms with Crippen LogP contribution in [0.25, 0.3) is 11.4 Å². The fourth-order valence-corrected chi connectivity index (χ4v) is 2.42. The number of nitrogens with zero attached hydrogens (tertiary/aromatic N) is 2. The maximum Gasteiger partial charge on any atom is 0.244 e. The van der Waals surface area contributed by atoms with E-state index in [0.29, 0.717) is 11.7 Å². The first kappa shape index (κ1) is 11.6. The first-order valence-electron chi connectivity index (χ1n) is 5.03. The van der Waals surface area contributed by atoms with Gasteiger partial charge in [0.25, 0.3) is 0 Å². The van der Waals surface area contributed by atoms with E-state index in [4.69, 9.17) is 4.52 Å². The van der Waals surface area contributed by atoms with Crippen LogP contribution in [0.3, 0.4) is 0 Å². The molecule has 0 aliphatic carbocycles. The number of hydrogen-bond acceptors (Lipinski definition) is 5. The third kappa shape index (κ3) is 2.11. The van der Waals surface area contributed by atoms with Crippen molar-refractivity contribution in [3.8, 4) is 11.4 Å². The van der Waals surface area contributed by atoms with Gasteiger partial charge in [-0.25, -0.2) is 0 Å². The van der Waals surface area contributed by atoms with E-state index in [9.17, 15) is 0 Å². The van der Waals surface area contributed by atoms with Crippen LogP contribution in [-0.4, -0.2) is 16.7 Å². The molecule has 1 saturated heterocycles. The Bertz CT molecular complexity index is 437. The van der Waals surface area contributed by atoms with Crippen LogP contribution in [0.2, 0.25) is 0 Å². The average Bonchev–Trinajstić information content (AvgIpc) is 3.02. The topological polar surface area (TPSA) is 51.0 Å². The van der Waals surface area contributed by atoms with Crippen molar-refractivity contribution >= 4 is 23.7 Å². The largest absolute Gasteiger partial charge is 0.337 e. The van der Waals surface area contributed by atoms with E-state index < -0.39 is 0 Å². The normalized spacial score (nSPS) is 19.6. The lowest BCUT2D eigenvalue weighted by Gasteiger charge is -2.01. The maximum atomic E-state index is 5.25. The second-order valence-electron chi connectivity index (χ2n) is 3.62. The van der Waals surface area contributed by atoms with E-state index in [2.05, 4.69) is 15.5 Å². The van der Waals surface area contributed by atoms with Crippen molar-refractivity contribution in [3.05, 3.63) is 22.7 Å². The van der Waals surface area contributed by atoms with E-state index in [0.717, 1.165) is 18.5 Å². The highest BCUT2D eigenvalue weighted by atomic mass is 35.5. The molecule has 1 fully saturated rings. The number of nitrogens with one attached hydrogen (secondary N) is 1. The van der Waals surface area contributed by atoms with Crippen LogP contribution < -0.4 is 5.32 Å². The smallest absolute Gasteiger partial charge is 0.244 e. The van der Waals surface area contributed by atoms with E-state index in [1.165, 1.54) is 6.42 Å². The zero-order valence-corrected chi connectivity index (χ0v) is 10.2. The molecule has 0 saturated carbocycles. The van der Waals surface area contributed by atoms with Gasteiger partial charge in [-0.05, 0) is 30.8 Å². The second kappa shape index (κ2) is 4.95. The molecule has 3 heterocycles. The van der Waals surface area contributed by atoms with Crippen LogP contribution in [0.1, 0.15) is 24.8 Å². The molecule has 6 heteroatoms. The van der Waals surface area contributed by atoms with Gasteiger partial charge in [0.15, 0.2) is 0 Å². The molecule has 0 bridgehead atoms. The van der Waals surface area contributed by atoms with Crippen molar-refractivity contribution in [1.82, 2.24) is 15.5 Å². The summed E-state index contributed by atoms with van der Waals surface area (Å²) >= 11 is 1.64. The summed E-state index contributed by atoms with van der Waals surface area (Å²) in [6.45, 7) is 1.04. The molecule has 1 aliphatic rings. The van der Waals surface area contributed by atoms with Crippen molar-refractivity contribution in [3.63, 3.8) is 0 Å². The summed E-state index contributed by atoms with van der Waals surface area (Å²) in [7, 11) is 0. The summed E-state index contributed by atoms with van der Waals surface area (Å²) in [5.74, 6) is 1.41. The lowest BCUT2D eigenvalue weighted by molar-refractivity contribution is 0.345. The van der Waals surface area contributed by atoms with Crippen molar-refractivity contribution < 1.29 is 4.52 Å². The summed E-state index contributed by atoms with van der Waals surface area (Å²) in [5, 5.41) is 11.4. The molecule has 16 heavy (non-hydrogen) atoms. The lowest BCUT2D eigenvalue weighted by atomic mass is 10.2. The van der Waals surface area contributed by atoms with Gasteiger partial charge in [-0.15, -0.1) is 12.4 Å². The number of hydrogen-bond donors (Lipinski definition) is 1. The summed E-state index contributed by atoms with van der Waals surface area (Å²) in [6.07, 6.45) is 2.27. The molecule has 86 valence electrons. The van der Waals surface area contributed by atoms with Gasteiger partial charge in [0, 0.05) is 10.9 Å². The van der Waals surface area contributed by atoms with E-state index in [1.807, 2.05) is 16.8 Å². The third-order valence-electron chi connectivity index (χ3n) is 2.58. The Hall–Kier alpha value is -0.910. The van der Waals surface area contributed by atoms with Crippen LogP contribution >= 0.6 is 23.7 Å². The van der Waals surface area contributed by atoms with Gasteiger partial charge in [0.1, 0.15) is 0 Å². The summed E-state index contributed by atoms with van der Waals surface area (Å²) in [5.41, 5.74) is 1.04. The Morgan fingerprint density at radius 1 is 1.50 bits per heavy atom. The average molecular weight is 258 g/mol. The summed E-state index contributed by atoms with van der Waals surface area (Å²) in [4.78, 5) is 4.40. The lowest BCUT2D eigenvalue weighted by Crippen LogP contribution is -2.12. The number of aromatic nitrogens is 2. The van der Waals surface area contributed by atoms with E-state index >= 15 is 0 Å². The van der Waals surface area contributed by atoms with Crippen LogP contribution in [-0.2, 0) is 0 Å². The van der Waals surface area contributed by atoms with Gasteiger partial charge >= 0.3 is 0 Å². The minimum Gasteiger partial charge on any atom is -0.337 e. The number of halogens is 1. The molecular formula is C10H12ClN3OS. The summed E-state index contributed by atoms with van der Waals surface area (Å²) in [6, 6.07) is 2.26. The summed E-state index contributed by atoms with van der Waals surface area (Å²) < 4.78 is 5.25. The predicted octanol–water partition coefficient (Wildman–Crippen LogP) is 2.64. The Morgan fingerprint density at radius 2 is 2.44 bits per heavy atom. The van der Waals surface area contributed by atoms with Gasteiger partial charge in [0.05, 0.1) is 6.04 Å². The zero-order valence-electron chi connectivity index (χ0n) is 8.55. The van der Waals surface area contributed by atoms with E-state index in [1.54, 1.807) is 11.3 Å². The van der Waals surface area contributed by atoms with E-state index in [-0.39, 0.29) is 18.4 Å². The molecule has 3 rings (SSSR count). The van der Waals surface area contributed by atoms with Crippen LogP contribution in [0.15, 0.2) is 21.3 Å².